The third-order valence-corrected chi connectivity index (χ3v) is 3.50. The van der Waals surface area contributed by atoms with Gasteiger partial charge in [-0.05, 0) is 32.2 Å². The van der Waals surface area contributed by atoms with Gasteiger partial charge in [0, 0.05) is 31.6 Å². The lowest BCUT2D eigenvalue weighted by Gasteiger charge is -2.37. The van der Waals surface area contributed by atoms with E-state index in [1.165, 1.54) is 12.8 Å². The summed E-state index contributed by atoms with van der Waals surface area (Å²) in [6, 6.07) is 1.22. The number of carboxylic acid groups (broad SMARTS) is 1. The average molecular weight is 212 g/mol. The number of hydrogen-bond donors (Lipinski definition) is 2. The lowest BCUT2D eigenvalue weighted by molar-refractivity contribution is -0.138. The Balaban J connectivity index is 1.90. The van der Waals surface area contributed by atoms with E-state index in [0.29, 0.717) is 18.4 Å². The summed E-state index contributed by atoms with van der Waals surface area (Å²) < 4.78 is 0. The molecule has 4 nitrogen and oxygen atoms in total. The van der Waals surface area contributed by atoms with E-state index in [2.05, 4.69) is 10.2 Å². The van der Waals surface area contributed by atoms with Gasteiger partial charge in [0.15, 0.2) is 0 Å². The van der Waals surface area contributed by atoms with Gasteiger partial charge in [0.25, 0.3) is 0 Å². The first kappa shape index (κ1) is 10.9. The van der Waals surface area contributed by atoms with Crippen molar-refractivity contribution in [3.8, 4) is 0 Å². The van der Waals surface area contributed by atoms with E-state index in [-0.39, 0.29) is 0 Å². The molecule has 15 heavy (non-hydrogen) atoms. The maximum atomic E-state index is 10.7. The van der Waals surface area contributed by atoms with Crippen LogP contribution in [-0.2, 0) is 4.79 Å². The van der Waals surface area contributed by atoms with Crippen LogP contribution in [0.3, 0.4) is 0 Å². The summed E-state index contributed by atoms with van der Waals surface area (Å²) >= 11 is 0. The second-order valence-corrected chi connectivity index (χ2v) is 4.87. The third kappa shape index (κ3) is 2.92. The van der Waals surface area contributed by atoms with Crippen molar-refractivity contribution in [2.45, 2.75) is 37.8 Å². The third-order valence-electron chi connectivity index (χ3n) is 3.50. The second-order valence-electron chi connectivity index (χ2n) is 4.87. The minimum Gasteiger partial charge on any atom is -0.481 e. The number of hydrogen-bond acceptors (Lipinski definition) is 3. The fourth-order valence-corrected chi connectivity index (χ4v) is 2.58. The number of nitrogens with zero attached hydrogens (tertiary/aromatic N) is 1. The van der Waals surface area contributed by atoms with E-state index in [1.807, 2.05) is 7.05 Å². The van der Waals surface area contributed by atoms with Gasteiger partial charge in [0.2, 0.25) is 0 Å². The minimum absolute atomic E-state index is 0.321. The van der Waals surface area contributed by atoms with E-state index in [0.717, 1.165) is 25.6 Å². The highest BCUT2D eigenvalue weighted by molar-refractivity contribution is 5.67. The van der Waals surface area contributed by atoms with Crippen molar-refractivity contribution in [3.05, 3.63) is 0 Å². The van der Waals surface area contributed by atoms with Crippen LogP contribution in [0.4, 0.5) is 0 Å². The summed E-state index contributed by atoms with van der Waals surface area (Å²) in [7, 11) is 1.97. The molecular weight excluding hydrogens is 192 g/mol. The van der Waals surface area contributed by atoms with Gasteiger partial charge in [-0.1, -0.05) is 0 Å². The first-order valence-electron chi connectivity index (χ1n) is 5.82. The number of aliphatic carboxylic acids is 1. The zero-order chi connectivity index (χ0) is 10.8. The molecule has 1 heterocycles. The zero-order valence-corrected chi connectivity index (χ0v) is 9.28. The van der Waals surface area contributed by atoms with Crippen LogP contribution in [0.2, 0.25) is 0 Å². The van der Waals surface area contributed by atoms with Crippen LogP contribution >= 0.6 is 0 Å². The summed E-state index contributed by atoms with van der Waals surface area (Å²) in [5.74, 6) is -0.332. The molecule has 0 aromatic rings. The number of nitrogens with one attached hydrogen (secondary N) is 1. The van der Waals surface area contributed by atoms with Crippen LogP contribution in [0.5, 0.6) is 0 Å². The highest BCUT2D eigenvalue weighted by atomic mass is 16.4. The van der Waals surface area contributed by atoms with E-state index in [1.54, 1.807) is 0 Å². The highest BCUT2D eigenvalue weighted by Gasteiger charge is 2.36. The largest absolute Gasteiger partial charge is 0.481 e. The Morgan fingerprint density at radius 3 is 2.73 bits per heavy atom. The van der Waals surface area contributed by atoms with Gasteiger partial charge in [0.05, 0.1) is 0 Å². The number of piperidine rings is 1. The van der Waals surface area contributed by atoms with Crippen molar-refractivity contribution in [3.63, 3.8) is 0 Å². The summed E-state index contributed by atoms with van der Waals surface area (Å²) in [6.07, 6.45) is 3.93. The van der Waals surface area contributed by atoms with Crippen molar-refractivity contribution in [1.82, 2.24) is 10.2 Å². The highest BCUT2D eigenvalue weighted by Crippen LogP contribution is 2.31. The molecule has 1 saturated carbocycles. The molecule has 2 atom stereocenters. The molecule has 0 bridgehead atoms. The van der Waals surface area contributed by atoms with Crippen LogP contribution in [-0.4, -0.2) is 48.2 Å². The molecule has 2 aliphatic rings. The van der Waals surface area contributed by atoms with Crippen molar-refractivity contribution in [1.29, 1.82) is 0 Å². The van der Waals surface area contributed by atoms with Crippen molar-refractivity contribution in [2.24, 2.45) is 5.92 Å². The SMILES string of the molecule is CNC1CC(CC(=O)O)CN(C2CC2)C1. The summed E-state index contributed by atoms with van der Waals surface area (Å²) in [4.78, 5) is 13.2. The van der Waals surface area contributed by atoms with E-state index in [9.17, 15) is 4.79 Å². The van der Waals surface area contributed by atoms with Gasteiger partial charge in [-0.3, -0.25) is 9.69 Å². The molecule has 0 spiro atoms. The molecule has 0 aromatic carbocycles. The molecule has 2 fully saturated rings. The fourth-order valence-electron chi connectivity index (χ4n) is 2.58. The Labute approximate surface area is 90.6 Å². The Hall–Kier alpha value is -0.610. The predicted octanol–water partition coefficient (Wildman–Crippen LogP) is 0.533. The molecule has 0 amide bonds. The smallest absolute Gasteiger partial charge is 0.303 e. The quantitative estimate of drug-likeness (QED) is 0.714. The first-order valence-corrected chi connectivity index (χ1v) is 5.82. The lowest BCUT2D eigenvalue weighted by atomic mass is 9.91. The number of carbonyl (C=O) groups is 1. The van der Waals surface area contributed by atoms with Gasteiger partial charge in [-0.25, -0.2) is 0 Å². The number of likely N-dealkylation sites (N-methyl/N-ethyl adjacent to an activating group) is 1. The maximum Gasteiger partial charge on any atom is 0.303 e. The number of rotatable bonds is 4. The second kappa shape index (κ2) is 4.49. The zero-order valence-electron chi connectivity index (χ0n) is 9.28. The van der Waals surface area contributed by atoms with Gasteiger partial charge < -0.3 is 10.4 Å². The predicted molar refractivity (Wildman–Crippen MR) is 57.8 cm³/mol. The molecule has 2 rings (SSSR count). The first-order chi connectivity index (χ1) is 7.19. The van der Waals surface area contributed by atoms with Crippen LogP contribution in [0, 0.1) is 5.92 Å². The summed E-state index contributed by atoms with van der Waals surface area (Å²) in [5, 5.41) is 12.1. The topological polar surface area (TPSA) is 52.6 Å². The maximum absolute atomic E-state index is 10.7. The Morgan fingerprint density at radius 1 is 1.47 bits per heavy atom. The van der Waals surface area contributed by atoms with Crippen LogP contribution in [0.25, 0.3) is 0 Å². The Morgan fingerprint density at radius 2 is 2.20 bits per heavy atom. The molecular formula is C11H20N2O2. The van der Waals surface area contributed by atoms with Crippen LogP contribution < -0.4 is 5.32 Å². The van der Waals surface area contributed by atoms with Gasteiger partial charge in [-0.2, -0.15) is 0 Å². The molecule has 0 aromatic heterocycles. The lowest BCUT2D eigenvalue weighted by Crippen LogP contribution is -2.49. The standard InChI is InChI=1S/C11H20N2O2/c1-12-9-4-8(5-11(14)15)6-13(7-9)10-2-3-10/h8-10,12H,2-7H2,1H3,(H,14,15). The van der Waals surface area contributed by atoms with Gasteiger partial charge >= 0.3 is 5.97 Å². The fraction of sp³-hybridized carbons (Fsp3) is 0.909. The molecule has 2 unspecified atom stereocenters. The van der Waals surface area contributed by atoms with Crippen molar-refractivity contribution in [2.75, 3.05) is 20.1 Å². The summed E-state index contributed by atoms with van der Waals surface area (Å²) in [6.45, 7) is 2.08. The number of likely N-dealkylation sites (tertiary alicyclic amines) is 1. The van der Waals surface area contributed by atoms with E-state index >= 15 is 0 Å². The summed E-state index contributed by atoms with van der Waals surface area (Å²) in [5.41, 5.74) is 0. The van der Waals surface area contributed by atoms with Gasteiger partial charge in [0.1, 0.15) is 0 Å². The molecule has 2 N–H and O–H groups in total. The van der Waals surface area contributed by atoms with Crippen LogP contribution in [0.15, 0.2) is 0 Å². The normalized spacial score (nSPS) is 32.9. The molecule has 1 saturated heterocycles. The van der Waals surface area contributed by atoms with E-state index in [4.69, 9.17) is 5.11 Å². The van der Waals surface area contributed by atoms with Crippen LogP contribution in [0.1, 0.15) is 25.7 Å². The van der Waals surface area contributed by atoms with Crippen molar-refractivity contribution < 1.29 is 9.90 Å². The Kier molecular flexibility index (Phi) is 3.26. The average Bonchev–Trinajstić information content (AvgIpc) is 2.99. The molecule has 4 heteroatoms. The number of carboxylic acids is 1. The minimum atomic E-state index is -0.660. The van der Waals surface area contributed by atoms with Gasteiger partial charge in [-0.15, -0.1) is 0 Å². The molecule has 1 aliphatic carbocycles. The molecule has 0 radical (unpaired) electrons. The molecule has 86 valence electrons. The van der Waals surface area contributed by atoms with Crippen molar-refractivity contribution >= 4 is 5.97 Å². The Bertz CT molecular complexity index is 241. The molecule has 1 aliphatic heterocycles. The van der Waals surface area contributed by atoms with E-state index < -0.39 is 5.97 Å². The monoisotopic (exact) mass is 212 g/mol.